The Morgan fingerprint density at radius 1 is 1.03 bits per heavy atom. The first-order valence-electron chi connectivity index (χ1n) is 12.5. The molecule has 0 saturated heterocycles. The summed E-state index contributed by atoms with van der Waals surface area (Å²) in [6, 6.07) is 16.2. The van der Waals surface area contributed by atoms with Crippen LogP contribution < -0.4 is 10.6 Å². The second-order valence-electron chi connectivity index (χ2n) is 10.1. The van der Waals surface area contributed by atoms with Crippen molar-refractivity contribution in [2.24, 2.45) is 0 Å². The maximum atomic E-state index is 13.3. The summed E-state index contributed by atoms with van der Waals surface area (Å²) >= 11 is 0. The number of nitrogens with one attached hydrogen (secondary N) is 2. The number of hydrogen-bond donors (Lipinski definition) is 2. The first-order chi connectivity index (χ1) is 17.3. The number of para-hydroxylation sites is 1. The van der Waals surface area contributed by atoms with Crippen LogP contribution in [0.3, 0.4) is 0 Å². The van der Waals surface area contributed by atoms with Gasteiger partial charge in [-0.25, -0.2) is 9.48 Å². The molecule has 9 heteroatoms. The van der Waals surface area contributed by atoms with Gasteiger partial charge in [0.25, 0.3) is 0 Å². The van der Waals surface area contributed by atoms with Crippen molar-refractivity contribution in [3.8, 4) is 0 Å². The predicted molar refractivity (Wildman–Crippen MR) is 137 cm³/mol. The lowest BCUT2D eigenvalue weighted by atomic mass is 9.95. The molecule has 1 amide bonds. The quantitative estimate of drug-likeness (QED) is 0.423. The highest BCUT2D eigenvalue weighted by Crippen LogP contribution is 2.30. The van der Waals surface area contributed by atoms with E-state index >= 15 is 0 Å². The molecule has 2 N–H and O–H groups in total. The summed E-state index contributed by atoms with van der Waals surface area (Å²) in [7, 11) is 0. The fourth-order valence-electron chi connectivity index (χ4n) is 4.46. The molecule has 0 radical (unpaired) electrons. The van der Waals surface area contributed by atoms with Crippen molar-refractivity contribution in [3.63, 3.8) is 0 Å². The van der Waals surface area contributed by atoms with Gasteiger partial charge in [0.2, 0.25) is 0 Å². The zero-order valence-electron chi connectivity index (χ0n) is 21.1. The number of carbonyl (C=O) groups excluding carboxylic acids is 2. The van der Waals surface area contributed by atoms with Crippen LogP contribution in [0.5, 0.6) is 0 Å². The van der Waals surface area contributed by atoms with E-state index in [9.17, 15) is 9.59 Å². The number of hydrogen-bond acceptors (Lipinski definition) is 7. The van der Waals surface area contributed by atoms with E-state index in [1.807, 2.05) is 61.9 Å². The van der Waals surface area contributed by atoms with Crippen molar-refractivity contribution in [3.05, 3.63) is 71.5 Å². The van der Waals surface area contributed by atoms with Crippen LogP contribution in [-0.4, -0.2) is 44.2 Å². The van der Waals surface area contributed by atoms with Gasteiger partial charge in [-0.15, -0.1) is 5.10 Å². The van der Waals surface area contributed by atoms with Gasteiger partial charge in [0.1, 0.15) is 11.6 Å². The molecular weight excluding hydrogens is 456 g/mol. The second-order valence-corrected chi connectivity index (χ2v) is 10.1. The fraction of sp³-hybridized carbons (Fsp3) is 0.444. The molecule has 3 aromatic rings. The highest BCUT2D eigenvalue weighted by atomic mass is 16.6. The van der Waals surface area contributed by atoms with Crippen molar-refractivity contribution in [1.82, 2.24) is 25.5 Å². The number of amides is 1. The number of ketones is 1. The third-order valence-corrected chi connectivity index (χ3v) is 6.14. The van der Waals surface area contributed by atoms with E-state index in [1.165, 1.54) is 6.42 Å². The highest BCUT2D eigenvalue weighted by molar-refractivity contribution is 6.12. The maximum Gasteiger partial charge on any atom is 0.407 e. The first-order valence-corrected chi connectivity index (χ1v) is 12.5. The lowest BCUT2D eigenvalue weighted by Gasteiger charge is -2.27. The van der Waals surface area contributed by atoms with Gasteiger partial charge in [0, 0.05) is 23.4 Å². The standard InChI is InChI=1S/C27H34N6O3/c1-27(2,3)36-26(35)28-18-23(25-30-31-32-33(25)20-14-8-5-9-15-20)29-22-17-11-10-16-21(22)24(34)19-12-6-4-7-13-19/h4,6-7,10-13,16-17,20,23,29H,5,8-9,14-15,18H2,1-3H3,(H,28,35). The van der Waals surface area contributed by atoms with Gasteiger partial charge in [-0.1, -0.05) is 61.7 Å². The number of nitrogens with zero attached hydrogens (tertiary/aromatic N) is 4. The largest absolute Gasteiger partial charge is 0.444 e. The number of anilines is 1. The van der Waals surface area contributed by atoms with Gasteiger partial charge in [-0.3, -0.25) is 4.79 Å². The summed E-state index contributed by atoms with van der Waals surface area (Å²) in [4.78, 5) is 25.8. The van der Waals surface area contributed by atoms with Crippen LogP contribution in [0.15, 0.2) is 54.6 Å². The SMILES string of the molecule is CC(C)(C)OC(=O)NCC(Nc1ccccc1C(=O)c1ccccc1)c1nnnn1C1CCCCC1. The Bertz CT molecular complexity index is 1170. The van der Waals surface area contributed by atoms with Gasteiger partial charge in [-0.2, -0.15) is 0 Å². The third-order valence-electron chi connectivity index (χ3n) is 6.14. The summed E-state index contributed by atoms with van der Waals surface area (Å²) < 4.78 is 7.30. The molecule has 2 aromatic carbocycles. The molecular formula is C27H34N6O3. The molecule has 1 heterocycles. The average Bonchev–Trinajstić information content (AvgIpc) is 3.36. The highest BCUT2D eigenvalue weighted by Gasteiger charge is 2.27. The van der Waals surface area contributed by atoms with Crippen molar-refractivity contribution < 1.29 is 14.3 Å². The van der Waals surface area contributed by atoms with Gasteiger partial charge in [0.05, 0.1) is 6.04 Å². The van der Waals surface area contributed by atoms with E-state index in [1.54, 1.807) is 18.2 Å². The number of benzene rings is 2. The van der Waals surface area contributed by atoms with E-state index in [0.29, 0.717) is 22.6 Å². The van der Waals surface area contributed by atoms with Crippen molar-refractivity contribution >= 4 is 17.6 Å². The fourth-order valence-corrected chi connectivity index (χ4v) is 4.46. The van der Waals surface area contributed by atoms with Crippen molar-refractivity contribution in [2.75, 3.05) is 11.9 Å². The second kappa shape index (κ2) is 11.3. The number of carbonyl (C=O) groups is 2. The Balaban J connectivity index is 1.63. The minimum atomic E-state index is -0.620. The van der Waals surface area contributed by atoms with E-state index in [2.05, 4.69) is 26.2 Å². The number of rotatable bonds is 8. The monoisotopic (exact) mass is 490 g/mol. The molecule has 0 aliphatic heterocycles. The van der Waals surface area contributed by atoms with Crippen LogP contribution in [0, 0.1) is 0 Å². The summed E-state index contributed by atoms with van der Waals surface area (Å²) in [5.41, 5.74) is 1.15. The molecule has 1 aliphatic carbocycles. The Labute approximate surface area is 211 Å². The molecule has 0 bridgehead atoms. The number of ether oxygens (including phenoxy) is 1. The molecule has 190 valence electrons. The zero-order valence-corrected chi connectivity index (χ0v) is 21.1. The van der Waals surface area contributed by atoms with Crippen LogP contribution in [0.1, 0.15) is 86.7 Å². The van der Waals surface area contributed by atoms with Gasteiger partial charge in [-0.05, 0) is 56.2 Å². The lowest BCUT2D eigenvalue weighted by Crippen LogP contribution is -2.37. The number of tetrazole rings is 1. The van der Waals surface area contributed by atoms with Crippen LogP contribution in [0.2, 0.25) is 0 Å². The maximum absolute atomic E-state index is 13.3. The molecule has 4 rings (SSSR count). The number of aromatic nitrogens is 4. The molecule has 1 fully saturated rings. The van der Waals surface area contributed by atoms with E-state index in [-0.39, 0.29) is 18.4 Å². The summed E-state index contributed by atoms with van der Waals surface area (Å²) in [5, 5.41) is 18.9. The van der Waals surface area contributed by atoms with E-state index in [4.69, 9.17) is 4.74 Å². The van der Waals surface area contributed by atoms with Gasteiger partial charge < -0.3 is 15.4 Å². The molecule has 1 atom stereocenters. The van der Waals surface area contributed by atoms with E-state index < -0.39 is 17.7 Å². The molecule has 1 unspecified atom stereocenters. The topological polar surface area (TPSA) is 111 Å². The van der Waals surface area contributed by atoms with Gasteiger partial charge in [0.15, 0.2) is 11.6 Å². The normalized spacial score (nSPS) is 15.2. The summed E-state index contributed by atoms with van der Waals surface area (Å²) in [6.45, 7) is 5.63. The molecule has 1 aliphatic rings. The van der Waals surface area contributed by atoms with E-state index in [0.717, 1.165) is 25.7 Å². The zero-order chi connectivity index (χ0) is 25.5. The van der Waals surface area contributed by atoms with Crippen LogP contribution in [0.25, 0.3) is 0 Å². The minimum absolute atomic E-state index is 0.0931. The predicted octanol–water partition coefficient (Wildman–Crippen LogP) is 5.09. The van der Waals surface area contributed by atoms with Crippen molar-refractivity contribution in [2.45, 2.75) is 70.6 Å². The molecule has 1 aromatic heterocycles. The average molecular weight is 491 g/mol. The molecule has 0 spiro atoms. The van der Waals surface area contributed by atoms with Crippen LogP contribution >= 0.6 is 0 Å². The van der Waals surface area contributed by atoms with Crippen LogP contribution in [-0.2, 0) is 4.74 Å². The Morgan fingerprint density at radius 3 is 2.44 bits per heavy atom. The summed E-state index contributed by atoms with van der Waals surface area (Å²) in [6.07, 6.45) is 4.96. The van der Waals surface area contributed by atoms with Gasteiger partial charge >= 0.3 is 6.09 Å². The van der Waals surface area contributed by atoms with Crippen LogP contribution in [0.4, 0.5) is 10.5 Å². The Morgan fingerprint density at radius 2 is 1.72 bits per heavy atom. The first kappa shape index (κ1) is 25.3. The third kappa shape index (κ3) is 6.47. The summed E-state index contributed by atoms with van der Waals surface area (Å²) in [5.74, 6) is 0.518. The number of alkyl carbamates (subject to hydrolysis) is 1. The molecule has 9 nitrogen and oxygen atoms in total. The molecule has 36 heavy (non-hydrogen) atoms. The molecule has 1 saturated carbocycles. The van der Waals surface area contributed by atoms with Crippen molar-refractivity contribution in [1.29, 1.82) is 0 Å². The minimum Gasteiger partial charge on any atom is -0.444 e. The smallest absolute Gasteiger partial charge is 0.407 e. The Kier molecular flexibility index (Phi) is 7.97. The Hall–Kier alpha value is -3.75. The lowest BCUT2D eigenvalue weighted by molar-refractivity contribution is 0.0524.